The van der Waals surface area contributed by atoms with Crippen LogP contribution in [0.25, 0.3) is 10.8 Å². The van der Waals surface area contributed by atoms with Gasteiger partial charge >= 0.3 is 0 Å². The monoisotopic (exact) mass is 449 g/mol. The predicted molar refractivity (Wildman–Crippen MR) is 128 cm³/mol. The molecule has 0 aliphatic carbocycles. The number of nitriles is 1. The van der Waals surface area contributed by atoms with Gasteiger partial charge in [-0.3, -0.25) is 14.5 Å². The topological polar surface area (TPSA) is 91.0 Å². The largest absolute Gasteiger partial charge is 0.329 e. The molecule has 3 aromatic carbocycles. The maximum Gasteiger partial charge on any atom is 0.260 e. The molecule has 5 rings (SSSR count). The number of nitrogens with zero attached hydrogens (tertiary/aromatic N) is 4. The minimum atomic E-state index is -0.414. The lowest BCUT2D eigenvalue weighted by molar-refractivity contribution is -0.127. The van der Waals surface area contributed by atoms with Gasteiger partial charge in [-0.15, -0.1) is 0 Å². The molecule has 0 radical (unpaired) electrons. The van der Waals surface area contributed by atoms with Gasteiger partial charge in [-0.1, -0.05) is 42.5 Å². The number of aromatic nitrogens is 2. The van der Waals surface area contributed by atoms with Crippen molar-refractivity contribution in [3.05, 3.63) is 102 Å². The van der Waals surface area contributed by atoms with Gasteiger partial charge in [0.25, 0.3) is 5.91 Å². The number of likely N-dealkylation sites (tertiary alicyclic amines) is 1. The Labute approximate surface area is 197 Å². The van der Waals surface area contributed by atoms with Crippen LogP contribution in [-0.2, 0) is 17.9 Å². The molecule has 0 saturated carbocycles. The quantitative estimate of drug-likeness (QED) is 0.455. The Morgan fingerprint density at radius 3 is 2.68 bits per heavy atom. The molecule has 34 heavy (non-hydrogen) atoms. The van der Waals surface area contributed by atoms with Crippen LogP contribution in [0.1, 0.15) is 33.6 Å². The first-order valence-corrected chi connectivity index (χ1v) is 11.2. The Morgan fingerprint density at radius 2 is 1.88 bits per heavy atom. The average molecular weight is 450 g/mol. The Morgan fingerprint density at radius 1 is 1.09 bits per heavy atom. The summed E-state index contributed by atoms with van der Waals surface area (Å²) in [5.41, 5.74) is 3.14. The van der Waals surface area contributed by atoms with Crippen LogP contribution in [0.5, 0.6) is 0 Å². The van der Waals surface area contributed by atoms with Crippen molar-refractivity contribution in [3.63, 3.8) is 0 Å². The zero-order valence-electron chi connectivity index (χ0n) is 18.5. The van der Waals surface area contributed by atoms with Crippen molar-refractivity contribution in [2.75, 3.05) is 6.54 Å². The van der Waals surface area contributed by atoms with E-state index in [1.165, 1.54) is 4.90 Å². The molecule has 168 valence electrons. The van der Waals surface area contributed by atoms with Gasteiger partial charge in [0.05, 0.1) is 29.7 Å². The number of imidazole rings is 1. The third-order valence-electron chi connectivity index (χ3n) is 6.21. The van der Waals surface area contributed by atoms with Gasteiger partial charge in [0.1, 0.15) is 0 Å². The Hall–Kier alpha value is -4.28. The van der Waals surface area contributed by atoms with E-state index in [4.69, 9.17) is 5.26 Å². The number of fused-ring (bicyclic) bond motifs is 1. The van der Waals surface area contributed by atoms with Crippen molar-refractivity contribution in [2.24, 2.45) is 0 Å². The highest BCUT2D eigenvalue weighted by molar-refractivity contribution is 6.08. The van der Waals surface area contributed by atoms with E-state index in [0.717, 1.165) is 22.0 Å². The molecular formula is C27H23N5O2. The second-order valence-corrected chi connectivity index (χ2v) is 8.40. The number of rotatable bonds is 6. The van der Waals surface area contributed by atoms with Crippen LogP contribution in [0.3, 0.4) is 0 Å². The summed E-state index contributed by atoms with van der Waals surface area (Å²) in [6, 6.07) is 22.5. The van der Waals surface area contributed by atoms with Gasteiger partial charge in [-0.2, -0.15) is 5.26 Å². The molecule has 0 spiro atoms. The summed E-state index contributed by atoms with van der Waals surface area (Å²) < 4.78 is 2.01. The molecule has 7 heteroatoms. The molecule has 1 aliphatic rings. The van der Waals surface area contributed by atoms with E-state index in [2.05, 4.69) is 16.4 Å². The van der Waals surface area contributed by atoms with E-state index in [1.54, 1.807) is 30.7 Å². The highest BCUT2D eigenvalue weighted by atomic mass is 16.2. The smallest absolute Gasteiger partial charge is 0.260 e. The number of nitrogens with one attached hydrogen (secondary N) is 1. The second kappa shape index (κ2) is 9.30. The molecule has 4 aromatic rings. The molecule has 1 saturated heterocycles. The molecule has 1 aromatic heterocycles. The fourth-order valence-electron chi connectivity index (χ4n) is 4.30. The van der Waals surface area contributed by atoms with Crippen LogP contribution in [-0.4, -0.2) is 38.9 Å². The molecule has 0 bridgehead atoms. The maximum atomic E-state index is 13.0. The van der Waals surface area contributed by atoms with E-state index >= 15 is 0 Å². The van der Waals surface area contributed by atoms with Gasteiger partial charge < -0.3 is 9.88 Å². The molecule has 1 N–H and O–H groups in total. The highest BCUT2D eigenvalue weighted by Gasteiger charge is 2.35. The van der Waals surface area contributed by atoms with Crippen LogP contribution in [0.4, 0.5) is 0 Å². The summed E-state index contributed by atoms with van der Waals surface area (Å²) in [4.78, 5) is 31.6. The summed E-state index contributed by atoms with van der Waals surface area (Å²) >= 11 is 0. The second-order valence-electron chi connectivity index (χ2n) is 8.40. The summed E-state index contributed by atoms with van der Waals surface area (Å²) in [7, 11) is 0. The Balaban J connectivity index is 1.22. The number of amides is 2. The SMILES string of the molecule is N#Cc1ccc(Cn2cncc2CN[C@@H]2CCN(C(=O)c3ccc4ccccc4c3)C2=O)cc1. The van der Waals surface area contributed by atoms with Crippen LogP contribution in [0.15, 0.2) is 79.3 Å². The van der Waals surface area contributed by atoms with E-state index in [-0.39, 0.29) is 11.8 Å². The molecule has 1 atom stereocenters. The van der Waals surface area contributed by atoms with Crippen LogP contribution >= 0.6 is 0 Å². The van der Waals surface area contributed by atoms with Crippen LogP contribution in [0.2, 0.25) is 0 Å². The van der Waals surface area contributed by atoms with Crippen molar-refractivity contribution >= 4 is 22.6 Å². The van der Waals surface area contributed by atoms with Gasteiger partial charge in [0, 0.05) is 31.4 Å². The molecule has 2 heterocycles. The predicted octanol–water partition coefficient (Wildman–Crippen LogP) is 3.49. The van der Waals surface area contributed by atoms with Crippen molar-refractivity contribution in [1.82, 2.24) is 19.8 Å². The van der Waals surface area contributed by atoms with Gasteiger partial charge in [-0.25, -0.2) is 4.98 Å². The maximum absolute atomic E-state index is 13.0. The van der Waals surface area contributed by atoms with E-state index in [1.807, 2.05) is 53.1 Å². The Bertz CT molecular complexity index is 1400. The fourth-order valence-corrected chi connectivity index (χ4v) is 4.30. The van der Waals surface area contributed by atoms with Gasteiger partial charge in [-0.05, 0) is 47.0 Å². The summed E-state index contributed by atoms with van der Waals surface area (Å²) in [5, 5.41) is 14.3. The van der Waals surface area contributed by atoms with E-state index in [9.17, 15) is 9.59 Å². The summed E-state index contributed by atoms with van der Waals surface area (Å²) in [6.07, 6.45) is 4.09. The zero-order chi connectivity index (χ0) is 23.5. The number of carbonyl (C=O) groups excluding carboxylic acids is 2. The number of benzene rings is 3. The third-order valence-corrected chi connectivity index (χ3v) is 6.21. The van der Waals surface area contributed by atoms with E-state index < -0.39 is 6.04 Å². The van der Waals surface area contributed by atoms with E-state index in [0.29, 0.717) is 37.2 Å². The van der Waals surface area contributed by atoms with Gasteiger partial charge in [0.15, 0.2) is 0 Å². The number of imide groups is 1. The van der Waals surface area contributed by atoms with Crippen LogP contribution in [0, 0.1) is 11.3 Å². The van der Waals surface area contributed by atoms with Crippen molar-refractivity contribution in [2.45, 2.75) is 25.6 Å². The number of hydrogen-bond acceptors (Lipinski definition) is 5. The summed E-state index contributed by atoms with van der Waals surface area (Å²) in [5.74, 6) is -0.456. The summed E-state index contributed by atoms with van der Waals surface area (Å²) in [6.45, 7) is 1.48. The minimum Gasteiger partial charge on any atom is -0.329 e. The first kappa shape index (κ1) is 21.6. The normalized spacial score (nSPS) is 15.6. The lowest BCUT2D eigenvalue weighted by Crippen LogP contribution is -2.40. The molecule has 0 unspecified atom stereocenters. The van der Waals surface area contributed by atoms with Crippen molar-refractivity contribution < 1.29 is 9.59 Å². The minimum absolute atomic E-state index is 0.198. The highest BCUT2D eigenvalue weighted by Crippen LogP contribution is 2.20. The molecular weight excluding hydrogens is 426 g/mol. The molecule has 7 nitrogen and oxygen atoms in total. The lowest BCUT2D eigenvalue weighted by atomic mass is 10.1. The lowest BCUT2D eigenvalue weighted by Gasteiger charge is -2.16. The number of hydrogen-bond donors (Lipinski definition) is 1. The van der Waals surface area contributed by atoms with Crippen molar-refractivity contribution in [1.29, 1.82) is 5.26 Å². The van der Waals surface area contributed by atoms with Gasteiger partial charge in [0.2, 0.25) is 5.91 Å². The zero-order valence-corrected chi connectivity index (χ0v) is 18.5. The third kappa shape index (κ3) is 4.32. The van der Waals surface area contributed by atoms with Crippen LogP contribution < -0.4 is 5.32 Å². The fraction of sp³-hybridized carbons (Fsp3) is 0.185. The standard InChI is InChI=1S/C27H23N5O2/c28-14-19-5-7-20(8-6-19)17-31-18-29-15-24(31)16-30-25-11-12-32(27(25)34)26(33)23-10-9-21-3-1-2-4-22(21)13-23/h1-10,13,15,18,25,30H,11-12,16-17H2/t25-/m1/s1. The number of carbonyl (C=O) groups is 2. The molecule has 1 aliphatic heterocycles. The first-order valence-electron chi connectivity index (χ1n) is 11.2. The average Bonchev–Trinajstić information content (AvgIpc) is 3.48. The molecule has 2 amide bonds. The van der Waals surface area contributed by atoms with Crippen molar-refractivity contribution in [3.8, 4) is 6.07 Å². The first-order chi connectivity index (χ1) is 16.6. The Kier molecular flexibility index (Phi) is 5.90. The molecule has 1 fully saturated rings.